The topological polar surface area (TPSA) is 88.1 Å². The summed E-state index contributed by atoms with van der Waals surface area (Å²) in [5, 5.41) is 11.8. The summed E-state index contributed by atoms with van der Waals surface area (Å²) in [7, 11) is 3.28. The molecule has 0 radical (unpaired) electrons. The van der Waals surface area contributed by atoms with Crippen molar-refractivity contribution in [3.63, 3.8) is 0 Å². The van der Waals surface area contributed by atoms with Gasteiger partial charge in [-0.2, -0.15) is 0 Å². The van der Waals surface area contributed by atoms with E-state index in [0.29, 0.717) is 17.3 Å². The first-order chi connectivity index (χ1) is 9.77. The molecule has 0 fully saturated rings. The number of benzene rings is 1. The Labute approximate surface area is 117 Å². The number of nitrogen functional groups attached to an aromatic ring is 1. The zero-order valence-electron chi connectivity index (χ0n) is 11.7. The van der Waals surface area contributed by atoms with Crippen LogP contribution in [0.2, 0.25) is 0 Å². The number of hydrogen-bond donors (Lipinski definition) is 1. The number of rotatable bonds is 7. The van der Waals surface area contributed by atoms with Gasteiger partial charge >= 0.3 is 0 Å². The highest BCUT2D eigenvalue weighted by molar-refractivity contribution is 5.73. The first-order valence-electron chi connectivity index (χ1n) is 6.46. The second kappa shape index (κ2) is 6.85. The highest BCUT2D eigenvalue weighted by Crippen LogP contribution is 2.33. The van der Waals surface area contributed by atoms with Crippen molar-refractivity contribution < 1.29 is 9.47 Å². The summed E-state index contributed by atoms with van der Waals surface area (Å²) < 4.78 is 12.1. The number of methoxy groups -OCH3 is 2. The Morgan fingerprint density at radius 2 is 2.10 bits per heavy atom. The Kier molecular flexibility index (Phi) is 4.89. The van der Waals surface area contributed by atoms with E-state index >= 15 is 0 Å². The number of nitrogens with zero attached hydrogens (tertiary/aromatic N) is 4. The van der Waals surface area contributed by atoms with Crippen molar-refractivity contribution in [1.29, 1.82) is 0 Å². The fourth-order valence-electron chi connectivity index (χ4n) is 2.01. The van der Waals surface area contributed by atoms with E-state index in [9.17, 15) is 0 Å². The summed E-state index contributed by atoms with van der Waals surface area (Å²) in [6, 6.07) is 5.54. The van der Waals surface area contributed by atoms with Gasteiger partial charge in [0.15, 0.2) is 11.6 Å². The normalized spacial score (nSPS) is 10.7. The van der Waals surface area contributed by atoms with E-state index in [4.69, 9.17) is 15.2 Å². The lowest BCUT2D eigenvalue weighted by atomic mass is 10.1. The Balaban J connectivity index is 2.21. The van der Waals surface area contributed by atoms with Gasteiger partial charge < -0.3 is 15.2 Å². The third kappa shape index (κ3) is 3.05. The summed E-state index contributed by atoms with van der Waals surface area (Å²) in [6.07, 6.45) is 1.90. The van der Waals surface area contributed by atoms with E-state index in [2.05, 4.69) is 15.5 Å². The number of para-hydroxylation sites is 1. The predicted molar refractivity (Wildman–Crippen MR) is 75.3 cm³/mol. The molecule has 7 nitrogen and oxygen atoms in total. The minimum absolute atomic E-state index is 0.568. The van der Waals surface area contributed by atoms with Crippen molar-refractivity contribution in [3.8, 4) is 17.1 Å². The van der Waals surface area contributed by atoms with Gasteiger partial charge in [0.05, 0.1) is 18.4 Å². The number of ether oxygens (including phenoxy) is 2. The molecule has 1 heterocycles. The van der Waals surface area contributed by atoms with Crippen molar-refractivity contribution in [2.24, 2.45) is 0 Å². The fourth-order valence-corrected chi connectivity index (χ4v) is 2.01. The molecule has 2 aromatic rings. The predicted octanol–water partition coefficient (Wildman–Crippen LogP) is 1.36. The summed E-state index contributed by atoms with van der Waals surface area (Å²) in [5.41, 5.74) is 7.27. The van der Waals surface area contributed by atoms with Crippen LogP contribution in [-0.2, 0) is 11.3 Å². The SMILES string of the molecule is COCCCCn1nnnc1-c1cccc(N)c1OC. The van der Waals surface area contributed by atoms with Gasteiger partial charge in [0.2, 0.25) is 0 Å². The second-order valence-corrected chi connectivity index (χ2v) is 4.35. The molecule has 2 N–H and O–H groups in total. The third-order valence-electron chi connectivity index (χ3n) is 2.99. The third-order valence-corrected chi connectivity index (χ3v) is 2.99. The lowest BCUT2D eigenvalue weighted by Gasteiger charge is -2.10. The van der Waals surface area contributed by atoms with Gasteiger partial charge in [-0.15, -0.1) is 5.10 Å². The molecule has 0 aliphatic carbocycles. The molecule has 1 aromatic heterocycles. The maximum atomic E-state index is 5.91. The molecule has 20 heavy (non-hydrogen) atoms. The van der Waals surface area contributed by atoms with Crippen LogP contribution in [0.3, 0.4) is 0 Å². The van der Waals surface area contributed by atoms with Gasteiger partial charge in [-0.25, -0.2) is 4.68 Å². The molecule has 0 unspecified atom stereocenters. The average molecular weight is 277 g/mol. The molecule has 0 spiro atoms. The van der Waals surface area contributed by atoms with Gasteiger partial charge in [-0.3, -0.25) is 0 Å². The quantitative estimate of drug-likeness (QED) is 0.607. The van der Waals surface area contributed by atoms with Crippen LogP contribution in [0.5, 0.6) is 5.75 Å². The summed E-state index contributed by atoms with van der Waals surface area (Å²) in [5.74, 6) is 1.26. The van der Waals surface area contributed by atoms with Crippen molar-refractivity contribution >= 4 is 5.69 Å². The molecule has 0 bridgehead atoms. The van der Waals surface area contributed by atoms with Gasteiger partial charge in [-0.1, -0.05) is 6.07 Å². The second-order valence-electron chi connectivity index (χ2n) is 4.35. The molecule has 7 heteroatoms. The zero-order chi connectivity index (χ0) is 14.4. The molecule has 0 aliphatic rings. The minimum Gasteiger partial charge on any atom is -0.494 e. The smallest absolute Gasteiger partial charge is 0.185 e. The highest BCUT2D eigenvalue weighted by atomic mass is 16.5. The van der Waals surface area contributed by atoms with Gasteiger partial charge in [-0.05, 0) is 35.4 Å². The summed E-state index contributed by atoms with van der Waals surface area (Å²) >= 11 is 0. The van der Waals surface area contributed by atoms with E-state index in [1.165, 1.54) is 0 Å². The average Bonchev–Trinajstić information content (AvgIpc) is 2.91. The molecule has 1 aromatic carbocycles. The van der Waals surface area contributed by atoms with Crippen molar-refractivity contribution in [2.45, 2.75) is 19.4 Å². The number of anilines is 1. The molecular weight excluding hydrogens is 258 g/mol. The Morgan fingerprint density at radius 3 is 2.85 bits per heavy atom. The summed E-state index contributed by atoms with van der Waals surface area (Å²) in [4.78, 5) is 0. The molecule has 0 saturated carbocycles. The number of aromatic nitrogens is 4. The van der Waals surface area contributed by atoms with Crippen LogP contribution in [0.15, 0.2) is 18.2 Å². The van der Waals surface area contributed by atoms with E-state index in [1.807, 2.05) is 12.1 Å². The zero-order valence-corrected chi connectivity index (χ0v) is 11.7. The molecule has 2 rings (SSSR count). The van der Waals surface area contributed by atoms with Gasteiger partial charge in [0, 0.05) is 20.3 Å². The standard InChI is InChI=1S/C13H19N5O2/c1-19-9-4-3-8-18-13(15-16-17-18)10-6-5-7-11(14)12(10)20-2/h5-7H,3-4,8-9,14H2,1-2H3. The fraction of sp³-hybridized carbons (Fsp3) is 0.462. The van der Waals surface area contributed by atoms with Crippen molar-refractivity contribution in [2.75, 3.05) is 26.6 Å². The molecular formula is C13H19N5O2. The van der Waals surface area contributed by atoms with Crippen LogP contribution >= 0.6 is 0 Å². The van der Waals surface area contributed by atoms with Crippen molar-refractivity contribution in [3.05, 3.63) is 18.2 Å². The van der Waals surface area contributed by atoms with Gasteiger partial charge in [0.1, 0.15) is 0 Å². The molecule has 0 amide bonds. The number of tetrazole rings is 1. The van der Waals surface area contributed by atoms with Crippen LogP contribution in [0.25, 0.3) is 11.4 Å². The maximum absolute atomic E-state index is 5.91. The molecule has 108 valence electrons. The number of nitrogens with two attached hydrogens (primary N) is 1. The first-order valence-corrected chi connectivity index (χ1v) is 6.46. The highest BCUT2D eigenvalue weighted by Gasteiger charge is 2.15. The van der Waals surface area contributed by atoms with Crippen LogP contribution in [0.4, 0.5) is 5.69 Å². The lowest BCUT2D eigenvalue weighted by molar-refractivity contribution is 0.191. The number of aryl methyl sites for hydroxylation is 1. The van der Waals surface area contributed by atoms with E-state index < -0.39 is 0 Å². The Hall–Kier alpha value is -2.15. The minimum atomic E-state index is 0.568. The van der Waals surface area contributed by atoms with E-state index in [-0.39, 0.29) is 0 Å². The van der Waals surface area contributed by atoms with Crippen LogP contribution < -0.4 is 10.5 Å². The van der Waals surface area contributed by atoms with Crippen LogP contribution in [-0.4, -0.2) is 41.0 Å². The maximum Gasteiger partial charge on any atom is 0.185 e. The van der Waals surface area contributed by atoms with Crippen molar-refractivity contribution in [1.82, 2.24) is 20.2 Å². The number of unbranched alkanes of at least 4 members (excludes halogenated alkanes) is 1. The molecule has 0 aliphatic heterocycles. The number of hydrogen-bond acceptors (Lipinski definition) is 6. The molecule has 0 atom stereocenters. The van der Waals surface area contributed by atoms with Gasteiger partial charge in [0.25, 0.3) is 0 Å². The van der Waals surface area contributed by atoms with Crippen LogP contribution in [0, 0.1) is 0 Å². The Bertz CT molecular complexity index is 555. The lowest BCUT2D eigenvalue weighted by Crippen LogP contribution is -2.05. The largest absolute Gasteiger partial charge is 0.494 e. The first kappa shape index (κ1) is 14.3. The Morgan fingerprint density at radius 1 is 1.25 bits per heavy atom. The monoisotopic (exact) mass is 277 g/mol. The summed E-state index contributed by atoms with van der Waals surface area (Å²) in [6.45, 7) is 1.46. The van der Waals surface area contributed by atoms with E-state index in [0.717, 1.165) is 31.6 Å². The molecule has 0 saturated heterocycles. The van der Waals surface area contributed by atoms with Crippen LogP contribution in [0.1, 0.15) is 12.8 Å². The van der Waals surface area contributed by atoms with E-state index in [1.54, 1.807) is 25.0 Å².